The lowest BCUT2D eigenvalue weighted by atomic mass is 10.3. The van der Waals surface area contributed by atoms with Gasteiger partial charge in [-0.2, -0.15) is 0 Å². The van der Waals surface area contributed by atoms with Crippen molar-refractivity contribution < 1.29 is 9.53 Å². The van der Waals surface area contributed by atoms with Crippen LogP contribution in [0.4, 0.5) is 0 Å². The summed E-state index contributed by atoms with van der Waals surface area (Å²) in [6.45, 7) is 2.21. The van der Waals surface area contributed by atoms with E-state index in [-0.39, 0.29) is 5.91 Å². The van der Waals surface area contributed by atoms with Gasteiger partial charge in [0, 0.05) is 33.4 Å². The topological polar surface area (TPSA) is 63.2 Å². The van der Waals surface area contributed by atoms with Crippen LogP contribution in [0.15, 0.2) is 23.4 Å². The van der Waals surface area contributed by atoms with Gasteiger partial charge in [0.05, 0.1) is 12.4 Å². The molecule has 0 spiro atoms. The summed E-state index contributed by atoms with van der Waals surface area (Å²) in [6, 6.07) is 3.91. The van der Waals surface area contributed by atoms with Crippen molar-refractivity contribution in [2.45, 2.75) is 11.6 Å². The van der Waals surface area contributed by atoms with Crippen molar-refractivity contribution in [3.63, 3.8) is 0 Å². The smallest absolute Gasteiger partial charge is 0.230 e. The average Bonchev–Trinajstić information content (AvgIpc) is 2.42. The fourth-order valence-corrected chi connectivity index (χ4v) is 2.17. The monoisotopic (exact) mass is 269 g/mol. The van der Waals surface area contributed by atoms with Gasteiger partial charge in [-0.3, -0.25) is 4.79 Å². The number of carbonyl (C=O) groups is 1. The maximum atomic E-state index is 11.2. The normalized spacial score (nSPS) is 10.3. The zero-order valence-corrected chi connectivity index (χ0v) is 11.5. The molecule has 5 nitrogen and oxygen atoms in total. The number of hydrogen-bond donors (Lipinski definition) is 2. The molecule has 1 amide bonds. The van der Waals surface area contributed by atoms with Crippen LogP contribution in [0, 0.1) is 0 Å². The van der Waals surface area contributed by atoms with Gasteiger partial charge in [0.2, 0.25) is 5.91 Å². The lowest BCUT2D eigenvalue weighted by molar-refractivity contribution is -0.118. The molecule has 2 N–H and O–H groups in total. The van der Waals surface area contributed by atoms with E-state index in [0.29, 0.717) is 12.4 Å². The van der Waals surface area contributed by atoms with Crippen molar-refractivity contribution in [3.05, 3.63) is 23.9 Å². The zero-order valence-electron chi connectivity index (χ0n) is 10.7. The van der Waals surface area contributed by atoms with Gasteiger partial charge in [-0.1, -0.05) is 17.8 Å². The highest BCUT2D eigenvalue weighted by atomic mass is 32.2. The molecule has 0 atom stereocenters. The van der Waals surface area contributed by atoms with E-state index in [1.807, 2.05) is 12.1 Å². The third kappa shape index (κ3) is 5.48. The number of pyridine rings is 1. The average molecular weight is 269 g/mol. The number of carbonyl (C=O) groups excluding carboxylic acids is 1. The van der Waals surface area contributed by atoms with E-state index in [2.05, 4.69) is 15.6 Å². The van der Waals surface area contributed by atoms with Crippen molar-refractivity contribution >= 4 is 17.7 Å². The predicted octanol–water partition coefficient (Wildman–Crippen LogP) is 0.656. The van der Waals surface area contributed by atoms with Crippen molar-refractivity contribution in [1.82, 2.24) is 15.6 Å². The van der Waals surface area contributed by atoms with Crippen molar-refractivity contribution in [2.24, 2.45) is 0 Å². The molecule has 0 unspecified atom stereocenters. The van der Waals surface area contributed by atoms with Gasteiger partial charge in [-0.05, 0) is 11.6 Å². The molecular weight excluding hydrogens is 250 g/mol. The number of amides is 1. The molecule has 0 saturated heterocycles. The molecule has 0 fully saturated rings. The Morgan fingerprint density at radius 3 is 3.11 bits per heavy atom. The maximum Gasteiger partial charge on any atom is 0.230 e. The summed E-state index contributed by atoms with van der Waals surface area (Å²) in [5.74, 6) is 0.391. The first-order valence-corrected chi connectivity index (χ1v) is 6.73. The van der Waals surface area contributed by atoms with E-state index in [1.165, 1.54) is 11.8 Å². The number of nitrogens with zero attached hydrogens (tertiary/aromatic N) is 1. The Morgan fingerprint density at radius 2 is 2.39 bits per heavy atom. The van der Waals surface area contributed by atoms with Crippen molar-refractivity contribution in [2.75, 3.05) is 33.1 Å². The first kappa shape index (κ1) is 14.9. The van der Waals surface area contributed by atoms with Gasteiger partial charge in [-0.15, -0.1) is 0 Å². The number of methoxy groups -OCH3 is 1. The van der Waals surface area contributed by atoms with Crippen LogP contribution in [-0.2, 0) is 16.1 Å². The van der Waals surface area contributed by atoms with E-state index >= 15 is 0 Å². The molecule has 1 aromatic rings. The third-order valence-electron chi connectivity index (χ3n) is 2.27. The lowest BCUT2D eigenvalue weighted by Gasteiger charge is -2.08. The van der Waals surface area contributed by atoms with Crippen LogP contribution in [-0.4, -0.2) is 44.0 Å². The number of nitrogens with one attached hydrogen (secondary N) is 2. The zero-order chi connectivity index (χ0) is 13.2. The predicted molar refractivity (Wildman–Crippen MR) is 72.6 cm³/mol. The van der Waals surface area contributed by atoms with Gasteiger partial charge in [0.1, 0.15) is 5.03 Å². The Balaban J connectivity index is 2.48. The van der Waals surface area contributed by atoms with Crippen LogP contribution in [0.3, 0.4) is 0 Å². The second kappa shape index (κ2) is 8.91. The van der Waals surface area contributed by atoms with E-state index in [4.69, 9.17) is 4.74 Å². The van der Waals surface area contributed by atoms with Gasteiger partial charge in [0.25, 0.3) is 0 Å². The van der Waals surface area contributed by atoms with Crippen LogP contribution < -0.4 is 10.6 Å². The van der Waals surface area contributed by atoms with Gasteiger partial charge >= 0.3 is 0 Å². The SMILES string of the molecule is CNC(=O)CSc1ncccc1CNCCOC. The van der Waals surface area contributed by atoms with E-state index in [1.54, 1.807) is 20.4 Å². The highest BCUT2D eigenvalue weighted by Gasteiger charge is 2.06. The van der Waals surface area contributed by atoms with Crippen molar-refractivity contribution in [1.29, 1.82) is 0 Å². The van der Waals surface area contributed by atoms with E-state index in [9.17, 15) is 4.79 Å². The molecule has 0 aliphatic heterocycles. The molecule has 100 valence electrons. The van der Waals surface area contributed by atoms with Crippen LogP contribution in [0.25, 0.3) is 0 Å². The Hall–Kier alpha value is -1.11. The molecule has 1 heterocycles. The molecule has 0 radical (unpaired) electrons. The third-order valence-corrected chi connectivity index (χ3v) is 3.31. The van der Waals surface area contributed by atoms with Crippen LogP contribution in [0.1, 0.15) is 5.56 Å². The summed E-state index contributed by atoms with van der Waals surface area (Å²) in [4.78, 5) is 15.5. The highest BCUT2D eigenvalue weighted by Crippen LogP contribution is 2.19. The summed E-state index contributed by atoms with van der Waals surface area (Å²) < 4.78 is 4.97. The number of thioether (sulfide) groups is 1. The summed E-state index contributed by atoms with van der Waals surface area (Å²) in [5.41, 5.74) is 1.10. The number of aromatic nitrogens is 1. The van der Waals surface area contributed by atoms with Gasteiger partial charge < -0.3 is 15.4 Å². The molecule has 0 saturated carbocycles. The van der Waals surface area contributed by atoms with Crippen LogP contribution >= 0.6 is 11.8 Å². The first-order chi connectivity index (χ1) is 8.77. The molecule has 0 aromatic carbocycles. The fraction of sp³-hybridized carbons (Fsp3) is 0.500. The maximum absolute atomic E-state index is 11.2. The van der Waals surface area contributed by atoms with E-state index < -0.39 is 0 Å². The molecule has 1 rings (SSSR count). The first-order valence-electron chi connectivity index (χ1n) is 5.75. The van der Waals surface area contributed by atoms with Crippen LogP contribution in [0.2, 0.25) is 0 Å². The van der Waals surface area contributed by atoms with Gasteiger partial charge in [-0.25, -0.2) is 4.98 Å². The minimum absolute atomic E-state index is 0.00365. The molecule has 1 aromatic heterocycles. The summed E-state index contributed by atoms with van der Waals surface area (Å²) in [5, 5.41) is 6.76. The largest absolute Gasteiger partial charge is 0.383 e. The second-order valence-electron chi connectivity index (χ2n) is 3.60. The second-order valence-corrected chi connectivity index (χ2v) is 4.56. The Labute approximate surface area is 112 Å². The minimum atomic E-state index is 0.00365. The number of ether oxygens (including phenoxy) is 1. The molecular formula is C12H19N3O2S. The minimum Gasteiger partial charge on any atom is -0.383 e. The highest BCUT2D eigenvalue weighted by molar-refractivity contribution is 7.99. The summed E-state index contributed by atoms with van der Waals surface area (Å²) in [6.07, 6.45) is 1.74. The molecule has 0 aliphatic carbocycles. The molecule has 6 heteroatoms. The molecule has 18 heavy (non-hydrogen) atoms. The number of hydrogen-bond acceptors (Lipinski definition) is 5. The lowest BCUT2D eigenvalue weighted by Crippen LogP contribution is -2.21. The Kier molecular flexibility index (Phi) is 7.40. The van der Waals surface area contributed by atoms with Crippen molar-refractivity contribution in [3.8, 4) is 0 Å². The van der Waals surface area contributed by atoms with E-state index in [0.717, 1.165) is 23.7 Å². The van der Waals surface area contributed by atoms with Gasteiger partial charge in [0.15, 0.2) is 0 Å². The quantitative estimate of drug-likeness (QED) is 0.536. The van der Waals surface area contributed by atoms with Crippen LogP contribution in [0.5, 0.6) is 0 Å². The molecule has 0 aliphatic rings. The number of rotatable bonds is 8. The standard InChI is InChI=1S/C12H19N3O2S/c1-13-11(16)9-18-12-10(4-3-5-15-12)8-14-6-7-17-2/h3-5,14H,6-9H2,1-2H3,(H,13,16). The Bertz CT molecular complexity index is 374. The Morgan fingerprint density at radius 1 is 1.56 bits per heavy atom. The molecule has 0 bridgehead atoms. The summed E-state index contributed by atoms with van der Waals surface area (Å²) >= 11 is 1.45. The summed E-state index contributed by atoms with van der Waals surface area (Å²) in [7, 11) is 3.31. The fourth-order valence-electron chi connectivity index (χ4n) is 1.29.